The highest BCUT2D eigenvalue weighted by molar-refractivity contribution is 6.23. The van der Waals surface area contributed by atoms with Gasteiger partial charge in [-0.2, -0.15) is 0 Å². The van der Waals surface area contributed by atoms with Crippen molar-refractivity contribution < 1.29 is 49.4 Å². The van der Waals surface area contributed by atoms with E-state index in [4.69, 9.17) is 4.74 Å². The molecule has 4 rings (SSSR count). The Kier molecular flexibility index (Phi) is 7.60. The molecule has 0 saturated heterocycles. The Hall–Kier alpha value is -1.56. The minimum absolute atomic E-state index is 0.283. The molecule has 0 aromatic rings. The number of Topliss-reactive ketones (excluding diaryl/α,β-unsaturated/α-hetero) is 4. The average molecular weight is 511 g/mol. The Morgan fingerprint density at radius 3 is 2.39 bits per heavy atom. The first-order valence-electron chi connectivity index (χ1n) is 13.0. The smallest absolute Gasteiger partial charge is 0.185 e. The van der Waals surface area contributed by atoms with Crippen LogP contribution in [0.15, 0.2) is 0 Å². The van der Waals surface area contributed by atoms with Crippen LogP contribution in [0.25, 0.3) is 0 Å². The van der Waals surface area contributed by atoms with Gasteiger partial charge in [0.15, 0.2) is 23.5 Å². The van der Waals surface area contributed by atoms with E-state index in [0.29, 0.717) is 32.3 Å². The van der Waals surface area contributed by atoms with Gasteiger partial charge >= 0.3 is 0 Å². The lowest BCUT2D eigenvalue weighted by atomic mass is 9.46. The standard InChI is InChI=1S/C26H38O10/c1-4-36-16(29)8-6-12-5-7-13-10(2)17-20(23(32)19(13)21(12)30)25(34)26(35)14(22(17)31)9-15(28)18(11(3)27)24(26)33/h10,12-14,16-22,25,29-31,34-35H,4-9H2,1-3H3. The summed E-state index contributed by atoms with van der Waals surface area (Å²) in [5.41, 5.74) is -2.62. The number of aliphatic hydroxyl groups is 5. The first-order chi connectivity index (χ1) is 16.9. The Morgan fingerprint density at radius 2 is 1.78 bits per heavy atom. The van der Waals surface area contributed by atoms with Gasteiger partial charge in [-0.25, -0.2) is 0 Å². The fraction of sp³-hybridized carbons (Fsp3) is 0.846. The fourth-order valence-corrected chi connectivity index (χ4v) is 7.88. The van der Waals surface area contributed by atoms with Crippen molar-refractivity contribution in [3.05, 3.63) is 0 Å². The molecule has 0 aliphatic heterocycles. The highest BCUT2D eigenvalue weighted by Crippen LogP contribution is 2.57. The van der Waals surface area contributed by atoms with E-state index in [2.05, 4.69) is 0 Å². The predicted octanol–water partition coefficient (Wildman–Crippen LogP) is -0.594. The number of aliphatic hydroxyl groups excluding tert-OH is 4. The first kappa shape index (κ1) is 27.5. The summed E-state index contributed by atoms with van der Waals surface area (Å²) in [5, 5.41) is 55.3. The normalized spacial score (nSPS) is 47.6. The van der Waals surface area contributed by atoms with E-state index < -0.39 is 89.3 Å². The molecule has 5 N–H and O–H groups in total. The van der Waals surface area contributed by atoms with Crippen LogP contribution in [0.5, 0.6) is 0 Å². The summed E-state index contributed by atoms with van der Waals surface area (Å²) in [6.45, 7) is 4.99. The molecule has 202 valence electrons. The maximum absolute atomic E-state index is 13.8. The highest BCUT2D eigenvalue weighted by Gasteiger charge is 2.71. The number of hydrogen-bond donors (Lipinski definition) is 5. The Bertz CT molecular complexity index is 918. The van der Waals surface area contributed by atoms with Crippen LogP contribution in [0.2, 0.25) is 0 Å². The first-order valence-corrected chi connectivity index (χ1v) is 13.0. The summed E-state index contributed by atoms with van der Waals surface area (Å²) in [6, 6.07) is 0. The summed E-state index contributed by atoms with van der Waals surface area (Å²) in [7, 11) is 0. The van der Waals surface area contributed by atoms with Gasteiger partial charge in [-0.15, -0.1) is 0 Å². The van der Waals surface area contributed by atoms with E-state index in [9.17, 15) is 44.7 Å². The van der Waals surface area contributed by atoms with Crippen molar-refractivity contribution in [3.63, 3.8) is 0 Å². The minimum atomic E-state index is -2.62. The van der Waals surface area contributed by atoms with Crippen molar-refractivity contribution in [1.29, 1.82) is 0 Å². The van der Waals surface area contributed by atoms with Gasteiger partial charge in [0.05, 0.1) is 18.1 Å². The van der Waals surface area contributed by atoms with Crippen LogP contribution in [0.3, 0.4) is 0 Å². The van der Waals surface area contributed by atoms with E-state index in [1.165, 1.54) is 0 Å². The summed E-state index contributed by atoms with van der Waals surface area (Å²) in [5.74, 6) is -10.1. The van der Waals surface area contributed by atoms with Crippen LogP contribution in [-0.2, 0) is 23.9 Å². The molecule has 0 spiro atoms. The lowest BCUT2D eigenvalue weighted by molar-refractivity contribution is -0.239. The number of carbonyl (C=O) groups excluding carboxylic acids is 4. The number of fused-ring (bicyclic) bond motifs is 3. The zero-order valence-corrected chi connectivity index (χ0v) is 20.9. The van der Waals surface area contributed by atoms with Gasteiger partial charge in [0.25, 0.3) is 0 Å². The number of ketones is 4. The molecule has 13 unspecified atom stereocenters. The van der Waals surface area contributed by atoms with Gasteiger partial charge in [-0.1, -0.05) is 6.92 Å². The number of ether oxygens (including phenoxy) is 1. The SMILES string of the molecule is CCOC(O)CCC1CCC2C(C)C3C(O)C4CC(=O)C(C(C)=O)C(=O)C4(O)C(O)C3C(=O)C2C1O. The van der Waals surface area contributed by atoms with Gasteiger partial charge in [-0.05, 0) is 57.3 Å². The summed E-state index contributed by atoms with van der Waals surface area (Å²) >= 11 is 0. The predicted molar refractivity (Wildman–Crippen MR) is 123 cm³/mol. The van der Waals surface area contributed by atoms with Crippen LogP contribution in [-0.4, -0.2) is 85.5 Å². The summed E-state index contributed by atoms with van der Waals surface area (Å²) in [4.78, 5) is 51.6. The molecule has 4 aliphatic rings. The van der Waals surface area contributed by atoms with E-state index in [-0.39, 0.29) is 17.8 Å². The van der Waals surface area contributed by atoms with Crippen molar-refractivity contribution in [2.45, 2.75) is 83.1 Å². The van der Waals surface area contributed by atoms with Crippen molar-refractivity contribution >= 4 is 23.1 Å². The van der Waals surface area contributed by atoms with Crippen molar-refractivity contribution in [2.75, 3.05) is 6.61 Å². The summed E-state index contributed by atoms with van der Waals surface area (Å²) < 4.78 is 5.15. The van der Waals surface area contributed by atoms with Gasteiger partial charge < -0.3 is 30.3 Å². The molecule has 0 heterocycles. The van der Waals surface area contributed by atoms with E-state index in [1.54, 1.807) is 6.92 Å². The highest BCUT2D eigenvalue weighted by atomic mass is 16.6. The zero-order chi connectivity index (χ0) is 26.7. The number of carbonyl (C=O) groups is 4. The topological polar surface area (TPSA) is 179 Å². The van der Waals surface area contributed by atoms with Crippen LogP contribution >= 0.6 is 0 Å². The second kappa shape index (κ2) is 9.96. The molecule has 4 aliphatic carbocycles. The molecule has 13 atom stereocenters. The van der Waals surface area contributed by atoms with Crippen LogP contribution in [0.4, 0.5) is 0 Å². The van der Waals surface area contributed by atoms with Gasteiger partial charge in [0.1, 0.15) is 23.6 Å². The molecule has 4 saturated carbocycles. The maximum Gasteiger partial charge on any atom is 0.185 e. The van der Waals surface area contributed by atoms with Crippen molar-refractivity contribution in [2.24, 2.45) is 47.3 Å². The second-order valence-corrected chi connectivity index (χ2v) is 11.3. The van der Waals surface area contributed by atoms with Crippen molar-refractivity contribution in [3.8, 4) is 0 Å². The molecule has 36 heavy (non-hydrogen) atoms. The van der Waals surface area contributed by atoms with E-state index in [0.717, 1.165) is 6.92 Å². The molecular weight excluding hydrogens is 472 g/mol. The van der Waals surface area contributed by atoms with E-state index in [1.807, 2.05) is 6.92 Å². The minimum Gasteiger partial charge on any atom is -0.392 e. The van der Waals surface area contributed by atoms with Crippen LogP contribution in [0, 0.1) is 47.3 Å². The molecular formula is C26H38O10. The Balaban J connectivity index is 1.64. The molecule has 10 nitrogen and oxygen atoms in total. The quantitative estimate of drug-likeness (QED) is 0.229. The zero-order valence-electron chi connectivity index (χ0n) is 20.9. The third-order valence-corrected chi connectivity index (χ3v) is 9.65. The molecule has 0 amide bonds. The lowest BCUT2D eigenvalue weighted by Gasteiger charge is -2.60. The fourth-order valence-electron chi connectivity index (χ4n) is 7.88. The Morgan fingerprint density at radius 1 is 1.11 bits per heavy atom. The molecule has 0 aromatic carbocycles. The molecule has 0 bridgehead atoms. The monoisotopic (exact) mass is 510 g/mol. The molecule has 0 radical (unpaired) electrons. The van der Waals surface area contributed by atoms with E-state index >= 15 is 0 Å². The second-order valence-electron chi connectivity index (χ2n) is 11.3. The van der Waals surface area contributed by atoms with Gasteiger partial charge in [-0.3, -0.25) is 19.2 Å². The van der Waals surface area contributed by atoms with Crippen LogP contribution in [0.1, 0.15) is 52.9 Å². The maximum atomic E-state index is 13.8. The number of rotatable bonds is 6. The van der Waals surface area contributed by atoms with Crippen molar-refractivity contribution in [1.82, 2.24) is 0 Å². The van der Waals surface area contributed by atoms with Gasteiger partial charge in [0.2, 0.25) is 0 Å². The lowest BCUT2D eigenvalue weighted by Crippen LogP contribution is -2.75. The summed E-state index contributed by atoms with van der Waals surface area (Å²) in [6.07, 6.45) is -3.88. The third kappa shape index (κ3) is 4.01. The molecule has 10 heteroatoms. The van der Waals surface area contributed by atoms with Crippen LogP contribution < -0.4 is 0 Å². The molecule has 4 fully saturated rings. The average Bonchev–Trinajstić information content (AvgIpc) is 2.81. The third-order valence-electron chi connectivity index (χ3n) is 9.65. The van der Waals surface area contributed by atoms with Gasteiger partial charge in [0, 0.05) is 30.8 Å². The molecule has 0 aromatic heterocycles. The number of hydrogen-bond acceptors (Lipinski definition) is 10. The largest absolute Gasteiger partial charge is 0.392 e. The Labute approximate surface area is 210 Å².